The summed E-state index contributed by atoms with van der Waals surface area (Å²) in [4.78, 5) is 22.5. The first-order chi connectivity index (χ1) is 12.8. The van der Waals surface area contributed by atoms with Crippen LogP contribution in [0.25, 0.3) is 0 Å². The molecule has 1 aromatic carbocycles. The Morgan fingerprint density at radius 3 is 2.41 bits per heavy atom. The number of carbonyl (C=O) groups excluding carboxylic acids is 1. The van der Waals surface area contributed by atoms with Gasteiger partial charge in [0, 0.05) is 22.2 Å². The van der Waals surface area contributed by atoms with Crippen molar-refractivity contribution in [3.05, 3.63) is 32.8 Å². The average molecular weight is 393 g/mol. The van der Waals surface area contributed by atoms with Crippen LogP contribution in [0.2, 0.25) is 5.02 Å². The zero-order valence-electron chi connectivity index (χ0n) is 14.7. The topological polar surface area (TPSA) is 117 Å². The van der Waals surface area contributed by atoms with Crippen LogP contribution >= 0.6 is 11.6 Å². The largest absolute Gasteiger partial charge is 0.502 e. The first-order valence-electron chi connectivity index (χ1n) is 9.12. The number of urea groups is 1. The van der Waals surface area contributed by atoms with Gasteiger partial charge in [0.25, 0.3) is 0 Å². The second kappa shape index (κ2) is 6.67. The van der Waals surface area contributed by atoms with Gasteiger partial charge >= 0.3 is 11.7 Å². The average Bonchev–Trinajstić information content (AvgIpc) is 2.55. The van der Waals surface area contributed by atoms with E-state index in [1.807, 2.05) is 0 Å². The maximum absolute atomic E-state index is 12.3. The standard InChI is InChI=1S/C18H21ClN4O4/c19-14-4-13(16(24)15(5-14)23(26)27)9-20-22-17(25)21-18-6-10-1-11(7-18)3-12(2-10)8-18/h4-5,9-12,24H,1-3,6-8H2,(H2,21,22,25)/b20-9-. The molecule has 1 aromatic rings. The minimum Gasteiger partial charge on any atom is -0.502 e. The molecule has 27 heavy (non-hydrogen) atoms. The Kier molecular flexibility index (Phi) is 4.46. The zero-order valence-corrected chi connectivity index (χ0v) is 15.4. The Bertz CT molecular complexity index is 791. The van der Waals surface area contributed by atoms with Crippen LogP contribution in [-0.4, -0.2) is 27.8 Å². The Hall–Kier alpha value is -2.35. The highest BCUT2D eigenvalue weighted by Crippen LogP contribution is 2.55. The van der Waals surface area contributed by atoms with Crippen LogP contribution < -0.4 is 10.7 Å². The first kappa shape index (κ1) is 18.0. The molecule has 0 saturated heterocycles. The Morgan fingerprint density at radius 2 is 1.85 bits per heavy atom. The number of aromatic hydroxyl groups is 1. The summed E-state index contributed by atoms with van der Waals surface area (Å²) in [5.41, 5.74) is 1.81. The summed E-state index contributed by atoms with van der Waals surface area (Å²) in [6.45, 7) is 0. The summed E-state index contributed by atoms with van der Waals surface area (Å²) >= 11 is 5.83. The third-order valence-corrected chi connectivity index (χ3v) is 6.29. The lowest BCUT2D eigenvalue weighted by atomic mass is 9.53. The van der Waals surface area contributed by atoms with Gasteiger partial charge in [0.15, 0.2) is 0 Å². The fourth-order valence-electron chi connectivity index (χ4n) is 5.54. The van der Waals surface area contributed by atoms with Crippen LogP contribution in [-0.2, 0) is 0 Å². The normalized spacial score (nSPS) is 31.2. The van der Waals surface area contributed by atoms with Crippen LogP contribution in [0.4, 0.5) is 10.5 Å². The van der Waals surface area contributed by atoms with Gasteiger partial charge in [-0.2, -0.15) is 5.10 Å². The number of carbonyl (C=O) groups is 1. The van der Waals surface area contributed by atoms with Crippen molar-refractivity contribution in [2.45, 2.75) is 44.1 Å². The second-order valence-electron chi connectivity index (χ2n) is 8.14. The maximum atomic E-state index is 12.3. The molecule has 4 fully saturated rings. The minimum atomic E-state index is -0.730. The third kappa shape index (κ3) is 3.58. The van der Waals surface area contributed by atoms with Gasteiger partial charge in [0.2, 0.25) is 5.75 Å². The molecule has 3 N–H and O–H groups in total. The van der Waals surface area contributed by atoms with Crippen molar-refractivity contribution in [3.8, 4) is 5.75 Å². The van der Waals surface area contributed by atoms with Crippen molar-refractivity contribution >= 4 is 29.5 Å². The molecule has 2 amide bonds. The van der Waals surface area contributed by atoms with Crippen molar-refractivity contribution in [1.29, 1.82) is 0 Å². The molecule has 4 bridgehead atoms. The van der Waals surface area contributed by atoms with E-state index in [1.54, 1.807) is 0 Å². The molecule has 8 nitrogen and oxygen atoms in total. The summed E-state index contributed by atoms with van der Waals surface area (Å²) in [5, 5.41) is 27.9. The number of amides is 2. The minimum absolute atomic E-state index is 0.0595. The number of nitro groups is 1. The Labute approximate surface area is 161 Å². The number of nitrogens with one attached hydrogen (secondary N) is 2. The predicted molar refractivity (Wildman–Crippen MR) is 99.9 cm³/mol. The summed E-state index contributed by atoms with van der Waals surface area (Å²) in [7, 11) is 0. The molecule has 0 spiro atoms. The van der Waals surface area contributed by atoms with Gasteiger partial charge in [-0.1, -0.05) is 11.6 Å². The van der Waals surface area contributed by atoms with Gasteiger partial charge in [0.1, 0.15) is 0 Å². The SMILES string of the molecule is O=C(N/N=C\c1cc(Cl)cc([N+](=O)[O-])c1O)NC12CC3CC(CC(C3)C1)C2. The van der Waals surface area contributed by atoms with Crippen LogP contribution in [0, 0.1) is 27.9 Å². The molecule has 0 aromatic heterocycles. The van der Waals surface area contributed by atoms with Crippen molar-refractivity contribution in [2.75, 3.05) is 0 Å². The number of halogens is 1. The van der Waals surface area contributed by atoms with E-state index in [4.69, 9.17) is 11.6 Å². The van der Waals surface area contributed by atoms with Gasteiger partial charge in [-0.3, -0.25) is 10.1 Å². The van der Waals surface area contributed by atoms with Crippen LogP contribution in [0.15, 0.2) is 17.2 Å². The maximum Gasteiger partial charge on any atom is 0.335 e. The van der Waals surface area contributed by atoms with Crippen molar-refractivity contribution in [1.82, 2.24) is 10.7 Å². The smallest absolute Gasteiger partial charge is 0.335 e. The number of benzene rings is 1. The molecule has 4 saturated carbocycles. The molecule has 9 heteroatoms. The van der Waals surface area contributed by atoms with E-state index in [9.17, 15) is 20.0 Å². The van der Waals surface area contributed by atoms with E-state index in [0.717, 1.165) is 31.5 Å². The van der Waals surface area contributed by atoms with E-state index in [2.05, 4.69) is 15.8 Å². The summed E-state index contributed by atoms with van der Waals surface area (Å²) in [6, 6.07) is 2.00. The number of hydrogen-bond acceptors (Lipinski definition) is 5. The fraction of sp³-hybridized carbons (Fsp3) is 0.556. The van der Waals surface area contributed by atoms with Crippen LogP contribution in [0.1, 0.15) is 44.1 Å². The van der Waals surface area contributed by atoms with E-state index in [1.165, 1.54) is 25.3 Å². The Balaban J connectivity index is 1.41. The van der Waals surface area contributed by atoms with Gasteiger partial charge < -0.3 is 10.4 Å². The van der Waals surface area contributed by atoms with Gasteiger partial charge in [-0.15, -0.1) is 0 Å². The molecule has 0 heterocycles. The molecule has 0 aliphatic heterocycles. The number of phenolic OH excluding ortho intramolecular Hbond substituents is 1. The highest BCUT2D eigenvalue weighted by molar-refractivity contribution is 6.31. The summed E-state index contributed by atoms with van der Waals surface area (Å²) in [6.07, 6.45) is 8.08. The number of nitro benzene ring substituents is 1. The van der Waals surface area contributed by atoms with Crippen molar-refractivity contribution < 1.29 is 14.8 Å². The van der Waals surface area contributed by atoms with Crippen molar-refractivity contribution in [2.24, 2.45) is 22.9 Å². The quantitative estimate of drug-likeness (QED) is 0.412. The lowest BCUT2D eigenvalue weighted by Crippen LogP contribution is -2.61. The van der Waals surface area contributed by atoms with Gasteiger partial charge in [0.05, 0.1) is 11.1 Å². The summed E-state index contributed by atoms with van der Waals surface area (Å²) < 4.78 is 0. The highest BCUT2D eigenvalue weighted by Gasteiger charge is 2.51. The van der Waals surface area contributed by atoms with E-state index in [-0.39, 0.29) is 16.1 Å². The molecule has 0 unspecified atom stereocenters. The lowest BCUT2D eigenvalue weighted by Gasteiger charge is -2.56. The second-order valence-corrected chi connectivity index (χ2v) is 8.58. The number of nitrogens with zero attached hydrogens (tertiary/aromatic N) is 2. The number of phenols is 1. The van der Waals surface area contributed by atoms with Crippen LogP contribution in [0.5, 0.6) is 5.75 Å². The first-order valence-corrected chi connectivity index (χ1v) is 9.49. The third-order valence-electron chi connectivity index (χ3n) is 6.07. The molecular weight excluding hydrogens is 372 g/mol. The van der Waals surface area contributed by atoms with Gasteiger partial charge in [-0.05, 0) is 62.3 Å². The molecule has 0 radical (unpaired) electrons. The number of rotatable bonds is 4. The van der Waals surface area contributed by atoms with Gasteiger partial charge in [-0.25, -0.2) is 10.2 Å². The van der Waals surface area contributed by atoms with E-state index < -0.39 is 22.4 Å². The molecule has 144 valence electrons. The molecule has 5 rings (SSSR count). The van der Waals surface area contributed by atoms with Crippen molar-refractivity contribution in [3.63, 3.8) is 0 Å². The zero-order chi connectivity index (χ0) is 19.2. The number of hydrogen-bond donors (Lipinski definition) is 3. The lowest BCUT2D eigenvalue weighted by molar-refractivity contribution is -0.385. The van der Waals surface area contributed by atoms with E-state index in [0.29, 0.717) is 17.8 Å². The molecule has 4 aliphatic carbocycles. The highest BCUT2D eigenvalue weighted by atomic mass is 35.5. The molecule has 0 atom stereocenters. The van der Waals surface area contributed by atoms with E-state index >= 15 is 0 Å². The molecule has 4 aliphatic rings. The number of hydrazone groups is 1. The fourth-order valence-corrected chi connectivity index (χ4v) is 5.76. The Morgan fingerprint density at radius 1 is 1.26 bits per heavy atom. The molecular formula is C18H21ClN4O4. The summed E-state index contributed by atoms with van der Waals surface area (Å²) in [5.74, 6) is 1.59. The van der Waals surface area contributed by atoms with Crippen LogP contribution in [0.3, 0.4) is 0 Å². The predicted octanol–water partition coefficient (Wildman–Crippen LogP) is 3.56. The monoisotopic (exact) mass is 392 g/mol.